The van der Waals surface area contributed by atoms with Crippen LogP contribution in [-0.4, -0.2) is 28.3 Å². The van der Waals surface area contributed by atoms with Crippen LogP contribution in [0.2, 0.25) is 0 Å². The molecule has 0 saturated heterocycles. The summed E-state index contributed by atoms with van der Waals surface area (Å²) in [7, 11) is -0.664. The number of nitrogens with zero attached hydrogens (tertiary/aromatic N) is 1. The Morgan fingerprint density at radius 2 is 1.75 bits per heavy atom. The van der Waals surface area contributed by atoms with E-state index in [0.29, 0.717) is 22.8 Å². The van der Waals surface area contributed by atoms with Crippen LogP contribution >= 0.6 is 15.9 Å². The molecular weight excluding hydrogens is 396 g/mol. The van der Waals surface area contributed by atoms with Gasteiger partial charge in [-0.3, -0.25) is 0 Å². The van der Waals surface area contributed by atoms with Crippen molar-refractivity contribution in [1.82, 2.24) is 4.83 Å². The zero-order valence-corrected chi connectivity index (χ0v) is 15.8. The van der Waals surface area contributed by atoms with Crippen molar-refractivity contribution in [3.63, 3.8) is 0 Å². The number of ether oxygens (including phenoxy) is 2. The molecule has 0 aromatic heterocycles. The van der Waals surface area contributed by atoms with E-state index in [1.54, 1.807) is 44.4 Å². The van der Waals surface area contributed by atoms with Crippen LogP contribution in [0.25, 0.3) is 0 Å². The van der Waals surface area contributed by atoms with Crippen LogP contribution in [0, 0.1) is 0 Å². The Kier molecular flexibility index (Phi) is 5.84. The first-order chi connectivity index (χ1) is 11.4. The Bertz CT molecular complexity index is 849. The summed E-state index contributed by atoms with van der Waals surface area (Å²) in [5.74, 6) is 1.19. The van der Waals surface area contributed by atoms with Gasteiger partial charge in [0.15, 0.2) is 0 Å². The number of rotatable bonds is 6. The number of hydrogen-bond acceptors (Lipinski definition) is 5. The lowest BCUT2D eigenvalue weighted by atomic mass is 10.1. The van der Waals surface area contributed by atoms with Crippen molar-refractivity contribution in [2.24, 2.45) is 5.10 Å². The molecule has 0 unspecified atom stereocenters. The van der Waals surface area contributed by atoms with Crippen molar-refractivity contribution in [2.75, 3.05) is 14.2 Å². The van der Waals surface area contributed by atoms with Crippen molar-refractivity contribution in [3.05, 3.63) is 52.5 Å². The van der Waals surface area contributed by atoms with Crippen molar-refractivity contribution >= 4 is 31.7 Å². The zero-order valence-electron chi connectivity index (χ0n) is 13.4. The highest BCUT2D eigenvalue weighted by atomic mass is 79.9. The Balaban J connectivity index is 2.30. The summed E-state index contributed by atoms with van der Waals surface area (Å²) < 4.78 is 35.8. The molecule has 0 spiro atoms. The lowest BCUT2D eigenvalue weighted by Crippen LogP contribution is -2.20. The van der Waals surface area contributed by atoms with Gasteiger partial charge in [0.25, 0.3) is 10.0 Å². The van der Waals surface area contributed by atoms with E-state index >= 15 is 0 Å². The molecule has 0 saturated carbocycles. The summed E-state index contributed by atoms with van der Waals surface area (Å²) in [6.45, 7) is 1.68. The van der Waals surface area contributed by atoms with E-state index in [1.165, 1.54) is 19.2 Å². The number of benzene rings is 2. The summed E-state index contributed by atoms with van der Waals surface area (Å²) in [6.07, 6.45) is 0. The molecule has 2 aromatic rings. The van der Waals surface area contributed by atoms with Gasteiger partial charge < -0.3 is 9.47 Å². The summed E-state index contributed by atoms with van der Waals surface area (Å²) in [6, 6.07) is 11.5. The molecule has 0 bridgehead atoms. The smallest absolute Gasteiger partial charge is 0.276 e. The van der Waals surface area contributed by atoms with Crippen molar-refractivity contribution < 1.29 is 17.9 Å². The normalized spacial score (nSPS) is 11.9. The summed E-state index contributed by atoms with van der Waals surface area (Å²) in [5, 5.41) is 3.98. The van der Waals surface area contributed by atoms with Gasteiger partial charge in [0.2, 0.25) is 0 Å². The number of halogens is 1. The molecule has 0 aliphatic heterocycles. The van der Waals surface area contributed by atoms with Crippen LogP contribution in [-0.2, 0) is 10.0 Å². The predicted octanol–water partition coefficient (Wildman–Crippen LogP) is 3.17. The topological polar surface area (TPSA) is 77.0 Å². The molecule has 1 N–H and O–H groups in total. The molecule has 0 amide bonds. The fourth-order valence-corrected chi connectivity index (χ4v) is 3.07. The minimum Gasteiger partial charge on any atom is -0.497 e. The van der Waals surface area contributed by atoms with E-state index in [1.807, 2.05) is 0 Å². The molecule has 6 nitrogen and oxygen atoms in total. The number of sulfonamides is 1. The highest BCUT2D eigenvalue weighted by molar-refractivity contribution is 9.10. The van der Waals surface area contributed by atoms with Crippen LogP contribution in [0.4, 0.5) is 0 Å². The van der Waals surface area contributed by atoms with E-state index in [0.717, 1.165) is 4.47 Å². The molecule has 0 fully saturated rings. The molecular formula is C16H17BrN2O4S. The van der Waals surface area contributed by atoms with Gasteiger partial charge in [0.05, 0.1) is 24.8 Å². The first kappa shape index (κ1) is 18.3. The summed E-state index contributed by atoms with van der Waals surface area (Å²) in [5.41, 5.74) is 1.08. The molecule has 0 aliphatic rings. The van der Waals surface area contributed by atoms with Crippen molar-refractivity contribution in [1.29, 1.82) is 0 Å². The Morgan fingerprint density at radius 3 is 2.33 bits per heavy atom. The highest BCUT2D eigenvalue weighted by Gasteiger charge is 2.14. The van der Waals surface area contributed by atoms with Gasteiger partial charge in [0, 0.05) is 10.0 Å². The fourth-order valence-electron chi connectivity index (χ4n) is 1.95. The second-order valence-electron chi connectivity index (χ2n) is 4.81. The van der Waals surface area contributed by atoms with Crippen molar-refractivity contribution in [2.45, 2.75) is 11.8 Å². The molecule has 128 valence electrons. The van der Waals surface area contributed by atoms with Gasteiger partial charge in [-0.2, -0.15) is 18.4 Å². The molecule has 0 radical (unpaired) electrons. The third-order valence-corrected chi connectivity index (χ3v) is 5.01. The molecule has 24 heavy (non-hydrogen) atoms. The van der Waals surface area contributed by atoms with Crippen LogP contribution in [0.15, 0.2) is 56.9 Å². The third-order valence-electron chi connectivity index (χ3n) is 3.25. The van der Waals surface area contributed by atoms with E-state index in [2.05, 4.69) is 25.9 Å². The quantitative estimate of drug-likeness (QED) is 0.583. The molecule has 0 heterocycles. The summed E-state index contributed by atoms with van der Waals surface area (Å²) >= 11 is 3.27. The maximum Gasteiger partial charge on any atom is 0.276 e. The first-order valence-corrected chi connectivity index (χ1v) is 9.19. The van der Waals surface area contributed by atoms with Gasteiger partial charge in [-0.15, -0.1) is 0 Å². The molecule has 0 atom stereocenters. The molecule has 8 heteroatoms. The minimum absolute atomic E-state index is 0.125. The maximum atomic E-state index is 12.3. The Labute approximate surface area is 149 Å². The predicted molar refractivity (Wildman–Crippen MR) is 96.2 cm³/mol. The summed E-state index contributed by atoms with van der Waals surface area (Å²) in [4.78, 5) is 2.36. The molecule has 2 rings (SSSR count). The van der Waals surface area contributed by atoms with Crippen LogP contribution < -0.4 is 14.3 Å². The third kappa shape index (κ3) is 4.27. The monoisotopic (exact) mass is 412 g/mol. The van der Waals surface area contributed by atoms with E-state index < -0.39 is 10.0 Å². The standard InChI is InChI=1S/C16H17BrN2O4S/c1-11(15-10-13(22-2)6-9-16(15)23-3)18-19-24(20,21)14-7-4-12(17)5-8-14/h4-10,19H,1-3H3/b18-11-. The zero-order chi connectivity index (χ0) is 17.7. The Morgan fingerprint density at radius 1 is 1.08 bits per heavy atom. The van der Waals surface area contributed by atoms with Crippen LogP contribution in [0.1, 0.15) is 12.5 Å². The van der Waals surface area contributed by atoms with Gasteiger partial charge in [-0.1, -0.05) is 15.9 Å². The second kappa shape index (κ2) is 7.67. The van der Waals surface area contributed by atoms with Gasteiger partial charge in [-0.05, 0) is 49.4 Å². The van der Waals surface area contributed by atoms with Gasteiger partial charge in [-0.25, -0.2) is 0 Å². The molecule has 2 aromatic carbocycles. The number of hydrazone groups is 1. The highest BCUT2D eigenvalue weighted by Crippen LogP contribution is 2.24. The van der Waals surface area contributed by atoms with Gasteiger partial charge in [0.1, 0.15) is 11.5 Å². The van der Waals surface area contributed by atoms with E-state index in [4.69, 9.17) is 9.47 Å². The number of methoxy groups -OCH3 is 2. The first-order valence-electron chi connectivity index (χ1n) is 6.91. The van der Waals surface area contributed by atoms with Crippen LogP contribution in [0.5, 0.6) is 11.5 Å². The maximum absolute atomic E-state index is 12.3. The SMILES string of the molecule is COc1ccc(OC)c(/C(C)=N\NS(=O)(=O)c2ccc(Br)cc2)c1. The minimum atomic E-state index is -3.75. The van der Waals surface area contributed by atoms with Crippen LogP contribution in [0.3, 0.4) is 0 Å². The van der Waals surface area contributed by atoms with Crippen molar-refractivity contribution in [3.8, 4) is 11.5 Å². The largest absolute Gasteiger partial charge is 0.497 e. The van der Waals surface area contributed by atoms with E-state index in [-0.39, 0.29) is 4.90 Å². The van der Waals surface area contributed by atoms with E-state index in [9.17, 15) is 8.42 Å². The second-order valence-corrected chi connectivity index (χ2v) is 7.39. The average molecular weight is 413 g/mol. The molecule has 0 aliphatic carbocycles. The average Bonchev–Trinajstić information content (AvgIpc) is 2.59. The van der Waals surface area contributed by atoms with Gasteiger partial charge >= 0.3 is 0 Å². The lowest BCUT2D eigenvalue weighted by Gasteiger charge is -2.11. The lowest BCUT2D eigenvalue weighted by molar-refractivity contribution is 0.402. The Hall–Kier alpha value is -2.06. The number of hydrogen-bond donors (Lipinski definition) is 1. The number of nitrogens with one attached hydrogen (secondary N) is 1. The fraction of sp³-hybridized carbons (Fsp3) is 0.188.